The molecule has 1 saturated heterocycles. The van der Waals surface area contributed by atoms with Gasteiger partial charge in [-0.1, -0.05) is 48.5 Å². The Labute approximate surface area is 143 Å². The monoisotopic (exact) mass is 323 g/mol. The zero-order valence-electron chi connectivity index (χ0n) is 14.2. The number of carboxylic acids is 1. The molecule has 0 aromatic heterocycles. The van der Waals surface area contributed by atoms with Gasteiger partial charge in [0.1, 0.15) is 0 Å². The van der Waals surface area contributed by atoms with Crippen LogP contribution in [-0.4, -0.2) is 29.1 Å². The highest BCUT2D eigenvalue weighted by molar-refractivity contribution is 5.86. The summed E-state index contributed by atoms with van der Waals surface area (Å²) in [6, 6.07) is 15.2. The summed E-state index contributed by atoms with van der Waals surface area (Å²) in [7, 11) is 0. The maximum absolute atomic E-state index is 11.7. The molecule has 0 bridgehead atoms. The summed E-state index contributed by atoms with van der Waals surface area (Å²) in [5, 5.41) is 12.2. The molecule has 0 aliphatic carbocycles. The van der Waals surface area contributed by atoms with Gasteiger partial charge in [-0.15, -0.1) is 6.58 Å². The van der Waals surface area contributed by atoms with E-state index in [9.17, 15) is 9.90 Å². The summed E-state index contributed by atoms with van der Waals surface area (Å²) in [4.78, 5) is 14.1. The van der Waals surface area contributed by atoms with E-state index in [1.807, 2.05) is 0 Å². The van der Waals surface area contributed by atoms with Gasteiger partial charge in [0.2, 0.25) is 0 Å². The second-order valence-electron chi connectivity index (χ2n) is 6.86. The number of carbonyl (C=O) groups is 1. The summed E-state index contributed by atoms with van der Waals surface area (Å²) in [5.74, 6) is -0.681. The Balaban J connectivity index is 1.81. The van der Waals surface area contributed by atoms with Crippen molar-refractivity contribution >= 4 is 16.7 Å². The molecule has 3 nitrogen and oxygen atoms in total. The number of carboxylic acid groups (broad SMARTS) is 1. The van der Waals surface area contributed by atoms with E-state index in [4.69, 9.17) is 0 Å². The minimum absolute atomic E-state index is 0.284. The number of rotatable bonds is 5. The Bertz CT molecular complexity index is 739. The molecule has 3 heteroatoms. The van der Waals surface area contributed by atoms with Gasteiger partial charge in [-0.25, -0.2) is 0 Å². The Morgan fingerprint density at radius 3 is 2.58 bits per heavy atom. The van der Waals surface area contributed by atoms with E-state index in [1.165, 1.54) is 16.3 Å². The predicted octanol–water partition coefficient (Wildman–Crippen LogP) is 4.64. The maximum atomic E-state index is 11.7. The third kappa shape index (κ3) is 2.96. The SMILES string of the molecule is C=CCC1(C(=O)O)CCN(C(C)c2cccc3ccccc23)CC1. The average molecular weight is 323 g/mol. The quantitative estimate of drug-likeness (QED) is 0.815. The van der Waals surface area contributed by atoms with Crippen molar-refractivity contribution in [2.24, 2.45) is 5.41 Å². The molecule has 3 rings (SSSR count). The van der Waals surface area contributed by atoms with Crippen LogP contribution < -0.4 is 0 Å². The first-order valence-corrected chi connectivity index (χ1v) is 8.63. The molecule has 1 fully saturated rings. The van der Waals surface area contributed by atoms with Crippen LogP contribution in [0.4, 0.5) is 0 Å². The number of hydrogen-bond donors (Lipinski definition) is 1. The van der Waals surface area contributed by atoms with Crippen molar-refractivity contribution in [1.29, 1.82) is 0 Å². The van der Waals surface area contributed by atoms with Crippen LogP contribution in [0.5, 0.6) is 0 Å². The number of aliphatic carboxylic acids is 1. The lowest BCUT2D eigenvalue weighted by Crippen LogP contribution is -2.45. The zero-order valence-corrected chi connectivity index (χ0v) is 14.2. The highest BCUT2D eigenvalue weighted by atomic mass is 16.4. The lowest BCUT2D eigenvalue weighted by atomic mass is 9.75. The fourth-order valence-electron chi connectivity index (χ4n) is 3.93. The minimum Gasteiger partial charge on any atom is -0.481 e. The Morgan fingerprint density at radius 2 is 1.92 bits per heavy atom. The van der Waals surface area contributed by atoms with Gasteiger partial charge in [-0.2, -0.15) is 0 Å². The van der Waals surface area contributed by atoms with Crippen molar-refractivity contribution in [3.8, 4) is 0 Å². The van der Waals surface area contributed by atoms with Crippen LogP contribution in [0.3, 0.4) is 0 Å². The van der Waals surface area contributed by atoms with Crippen LogP contribution in [0.15, 0.2) is 55.1 Å². The minimum atomic E-state index is -0.681. The molecule has 24 heavy (non-hydrogen) atoms. The van der Waals surface area contributed by atoms with Crippen molar-refractivity contribution in [3.63, 3.8) is 0 Å². The van der Waals surface area contributed by atoms with Crippen molar-refractivity contribution in [3.05, 3.63) is 60.7 Å². The van der Waals surface area contributed by atoms with E-state index in [0.717, 1.165) is 13.1 Å². The topological polar surface area (TPSA) is 40.5 Å². The van der Waals surface area contributed by atoms with Crippen molar-refractivity contribution < 1.29 is 9.90 Å². The third-order valence-corrected chi connectivity index (χ3v) is 5.57. The molecule has 1 unspecified atom stereocenters. The molecule has 1 heterocycles. The molecule has 2 aromatic rings. The van der Waals surface area contributed by atoms with E-state index in [-0.39, 0.29) is 6.04 Å². The summed E-state index contributed by atoms with van der Waals surface area (Å²) in [5.41, 5.74) is 0.691. The van der Waals surface area contributed by atoms with Crippen LogP contribution in [0.25, 0.3) is 10.8 Å². The van der Waals surface area contributed by atoms with Gasteiger partial charge < -0.3 is 5.11 Å². The fourth-order valence-corrected chi connectivity index (χ4v) is 3.93. The molecular weight excluding hydrogens is 298 g/mol. The van der Waals surface area contributed by atoms with Gasteiger partial charge in [0.25, 0.3) is 0 Å². The van der Waals surface area contributed by atoms with Crippen molar-refractivity contribution in [2.45, 2.75) is 32.2 Å². The highest BCUT2D eigenvalue weighted by Gasteiger charge is 2.41. The molecule has 0 saturated carbocycles. The Hall–Kier alpha value is -2.13. The van der Waals surface area contributed by atoms with E-state index in [0.29, 0.717) is 19.3 Å². The van der Waals surface area contributed by atoms with Crippen LogP contribution in [0, 0.1) is 5.41 Å². The lowest BCUT2D eigenvalue weighted by Gasteiger charge is -2.41. The average Bonchev–Trinajstić information content (AvgIpc) is 2.61. The summed E-state index contributed by atoms with van der Waals surface area (Å²) < 4.78 is 0. The van der Waals surface area contributed by atoms with Crippen LogP contribution in [0.2, 0.25) is 0 Å². The number of nitrogens with zero attached hydrogens (tertiary/aromatic N) is 1. The van der Waals surface area contributed by atoms with Gasteiger partial charge in [0.05, 0.1) is 5.41 Å². The second kappa shape index (κ2) is 6.78. The third-order valence-electron chi connectivity index (χ3n) is 5.57. The molecular formula is C21H25NO2. The van der Waals surface area contributed by atoms with E-state index < -0.39 is 11.4 Å². The van der Waals surface area contributed by atoms with Gasteiger partial charge in [0.15, 0.2) is 0 Å². The number of hydrogen-bond acceptors (Lipinski definition) is 2. The zero-order chi connectivity index (χ0) is 17.2. The standard InChI is InChI=1S/C21H25NO2/c1-3-11-21(20(23)24)12-14-22(15-13-21)16(2)18-10-6-8-17-7-4-5-9-19(17)18/h3-10,16H,1,11-15H2,2H3,(H,23,24). The number of likely N-dealkylation sites (tertiary alicyclic amines) is 1. The summed E-state index contributed by atoms with van der Waals surface area (Å²) in [6.45, 7) is 7.59. The first-order valence-electron chi connectivity index (χ1n) is 8.63. The number of piperidine rings is 1. The molecule has 126 valence electrons. The Morgan fingerprint density at radius 1 is 1.25 bits per heavy atom. The molecule has 1 N–H and O–H groups in total. The smallest absolute Gasteiger partial charge is 0.310 e. The van der Waals surface area contributed by atoms with Crippen molar-refractivity contribution in [2.75, 3.05) is 13.1 Å². The maximum Gasteiger partial charge on any atom is 0.310 e. The number of allylic oxidation sites excluding steroid dienone is 1. The van der Waals surface area contributed by atoms with Crippen LogP contribution >= 0.6 is 0 Å². The predicted molar refractivity (Wildman–Crippen MR) is 98.1 cm³/mol. The van der Waals surface area contributed by atoms with Gasteiger partial charge >= 0.3 is 5.97 Å². The normalized spacial score (nSPS) is 19.0. The molecule has 0 radical (unpaired) electrons. The molecule has 1 aliphatic heterocycles. The fraction of sp³-hybridized carbons (Fsp3) is 0.381. The first kappa shape index (κ1) is 16.7. The Kier molecular flexibility index (Phi) is 4.72. The molecule has 1 atom stereocenters. The van der Waals surface area contributed by atoms with Gasteiger partial charge in [-0.3, -0.25) is 9.69 Å². The van der Waals surface area contributed by atoms with Gasteiger partial charge in [0, 0.05) is 6.04 Å². The highest BCUT2D eigenvalue weighted by Crippen LogP contribution is 2.39. The first-order chi connectivity index (χ1) is 11.6. The van der Waals surface area contributed by atoms with Gasteiger partial charge in [-0.05, 0) is 55.6 Å². The second-order valence-corrected chi connectivity index (χ2v) is 6.86. The van der Waals surface area contributed by atoms with Crippen molar-refractivity contribution in [1.82, 2.24) is 4.90 Å². The van der Waals surface area contributed by atoms with E-state index >= 15 is 0 Å². The molecule has 0 amide bonds. The molecule has 0 spiro atoms. The largest absolute Gasteiger partial charge is 0.481 e. The summed E-state index contributed by atoms with van der Waals surface area (Å²) in [6.07, 6.45) is 3.67. The van der Waals surface area contributed by atoms with E-state index in [2.05, 4.69) is 60.9 Å². The molecule has 2 aromatic carbocycles. The summed E-state index contributed by atoms with van der Waals surface area (Å²) >= 11 is 0. The van der Waals surface area contributed by atoms with Crippen LogP contribution in [-0.2, 0) is 4.79 Å². The van der Waals surface area contributed by atoms with E-state index in [1.54, 1.807) is 6.08 Å². The number of fused-ring (bicyclic) bond motifs is 1. The lowest BCUT2D eigenvalue weighted by molar-refractivity contribution is -0.152. The van der Waals surface area contributed by atoms with Crippen LogP contribution in [0.1, 0.15) is 37.8 Å². The number of benzene rings is 2. The molecule has 1 aliphatic rings.